The summed E-state index contributed by atoms with van der Waals surface area (Å²) >= 11 is 0. The Bertz CT molecular complexity index is 912. The van der Waals surface area contributed by atoms with E-state index in [0.29, 0.717) is 24.5 Å². The van der Waals surface area contributed by atoms with Crippen molar-refractivity contribution in [3.63, 3.8) is 0 Å². The van der Waals surface area contributed by atoms with Crippen LogP contribution in [0.4, 0.5) is 20.6 Å². The van der Waals surface area contributed by atoms with Gasteiger partial charge in [0.1, 0.15) is 11.9 Å². The van der Waals surface area contributed by atoms with E-state index in [1.165, 1.54) is 17.9 Å². The predicted octanol–water partition coefficient (Wildman–Crippen LogP) is 1.54. The predicted molar refractivity (Wildman–Crippen MR) is 95.8 cm³/mol. The molecule has 1 atom stereocenters. The van der Waals surface area contributed by atoms with E-state index in [0.717, 1.165) is 11.3 Å². The Hall–Kier alpha value is -3.10. The fourth-order valence-corrected chi connectivity index (χ4v) is 3.47. The number of halogens is 1. The Morgan fingerprint density at radius 3 is 2.93 bits per heavy atom. The number of cyclic esters (lactones) is 1. The van der Waals surface area contributed by atoms with Gasteiger partial charge in [0.2, 0.25) is 5.91 Å². The number of benzene rings is 1. The van der Waals surface area contributed by atoms with Crippen LogP contribution in [0.2, 0.25) is 0 Å². The van der Waals surface area contributed by atoms with Crippen LogP contribution < -0.4 is 15.1 Å². The number of ether oxygens (including phenoxy) is 1. The van der Waals surface area contributed by atoms with Crippen molar-refractivity contribution in [2.24, 2.45) is 7.05 Å². The van der Waals surface area contributed by atoms with Crippen molar-refractivity contribution in [2.45, 2.75) is 26.1 Å². The fraction of sp³-hybridized carbons (Fsp3) is 0.389. The maximum Gasteiger partial charge on any atom is 0.414 e. The van der Waals surface area contributed by atoms with Crippen molar-refractivity contribution in [3.8, 4) is 0 Å². The highest BCUT2D eigenvalue weighted by atomic mass is 19.1. The van der Waals surface area contributed by atoms with Crippen LogP contribution in [-0.4, -0.2) is 41.0 Å². The molecule has 0 bridgehead atoms. The third-order valence-electron chi connectivity index (χ3n) is 4.89. The maximum atomic E-state index is 14.8. The Labute approximate surface area is 155 Å². The second-order valence-electron chi connectivity index (χ2n) is 6.79. The third-order valence-corrected chi connectivity index (χ3v) is 4.89. The van der Waals surface area contributed by atoms with Gasteiger partial charge in [-0.1, -0.05) is 0 Å². The quantitative estimate of drug-likeness (QED) is 0.880. The summed E-state index contributed by atoms with van der Waals surface area (Å²) in [6.45, 7) is 3.09. The average molecular weight is 373 g/mol. The number of fused-ring (bicyclic) bond motifs is 1. The summed E-state index contributed by atoms with van der Waals surface area (Å²) in [5.74, 6) is -0.590. The second-order valence-corrected chi connectivity index (χ2v) is 6.79. The number of aryl methyl sites for hydroxylation is 1. The number of rotatable bonds is 4. The zero-order valence-corrected chi connectivity index (χ0v) is 15.1. The molecule has 1 aromatic carbocycles. The summed E-state index contributed by atoms with van der Waals surface area (Å²) in [5, 5.41) is 6.83. The minimum atomic E-state index is -0.544. The molecule has 3 heterocycles. The van der Waals surface area contributed by atoms with Gasteiger partial charge in [-0.2, -0.15) is 5.10 Å². The van der Waals surface area contributed by atoms with Gasteiger partial charge in [0.15, 0.2) is 0 Å². The molecule has 27 heavy (non-hydrogen) atoms. The lowest BCUT2D eigenvalue weighted by Crippen LogP contribution is -2.33. The van der Waals surface area contributed by atoms with Crippen molar-refractivity contribution < 1.29 is 18.7 Å². The molecule has 2 amide bonds. The zero-order valence-electron chi connectivity index (χ0n) is 15.1. The van der Waals surface area contributed by atoms with Gasteiger partial charge in [-0.3, -0.25) is 14.4 Å². The molecule has 1 N–H and O–H groups in total. The topological polar surface area (TPSA) is 79.7 Å². The van der Waals surface area contributed by atoms with E-state index in [1.54, 1.807) is 23.0 Å². The van der Waals surface area contributed by atoms with Crippen molar-refractivity contribution >= 4 is 23.4 Å². The summed E-state index contributed by atoms with van der Waals surface area (Å²) < 4.78 is 21.8. The van der Waals surface area contributed by atoms with Gasteiger partial charge in [-0.25, -0.2) is 9.18 Å². The number of carbonyl (C=O) groups excluding carboxylic acids is 2. The van der Waals surface area contributed by atoms with E-state index < -0.39 is 18.0 Å². The first-order chi connectivity index (χ1) is 12.9. The van der Waals surface area contributed by atoms with Crippen LogP contribution in [0.5, 0.6) is 0 Å². The number of nitrogens with zero attached hydrogens (tertiary/aromatic N) is 4. The highest BCUT2D eigenvalue weighted by Gasteiger charge is 2.33. The van der Waals surface area contributed by atoms with Crippen LogP contribution in [0.15, 0.2) is 24.4 Å². The smallest absolute Gasteiger partial charge is 0.414 e. The summed E-state index contributed by atoms with van der Waals surface area (Å²) in [5.41, 5.74) is 3.08. The molecule has 142 valence electrons. The molecule has 2 aliphatic rings. The van der Waals surface area contributed by atoms with Crippen molar-refractivity contribution in [3.05, 3.63) is 41.5 Å². The lowest BCUT2D eigenvalue weighted by Gasteiger charge is -2.21. The van der Waals surface area contributed by atoms with Crippen LogP contribution >= 0.6 is 0 Å². The fourth-order valence-electron chi connectivity index (χ4n) is 3.47. The molecule has 4 rings (SSSR count). The maximum absolute atomic E-state index is 14.8. The van der Waals surface area contributed by atoms with E-state index in [1.807, 2.05) is 11.9 Å². The van der Waals surface area contributed by atoms with Crippen molar-refractivity contribution in [1.82, 2.24) is 15.1 Å². The van der Waals surface area contributed by atoms with Crippen LogP contribution in [-0.2, 0) is 29.7 Å². The molecule has 1 aromatic heterocycles. The Kier molecular flexibility index (Phi) is 4.21. The molecule has 0 spiro atoms. The van der Waals surface area contributed by atoms with Gasteiger partial charge >= 0.3 is 6.09 Å². The lowest BCUT2D eigenvalue weighted by atomic mass is 10.2. The second kappa shape index (κ2) is 6.57. The Morgan fingerprint density at radius 2 is 2.22 bits per heavy atom. The van der Waals surface area contributed by atoms with Crippen LogP contribution in [0.25, 0.3) is 0 Å². The molecule has 2 aliphatic heterocycles. The third kappa shape index (κ3) is 3.20. The minimum Gasteiger partial charge on any atom is -0.442 e. The van der Waals surface area contributed by atoms with Crippen molar-refractivity contribution in [2.75, 3.05) is 22.9 Å². The van der Waals surface area contributed by atoms with Gasteiger partial charge in [0.25, 0.3) is 0 Å². The van der Waals surface area contributed by atoms with Gasteiger partial charge in [0, 0.05) is 26.1 Å². The molecule has 0 saturated carbocycles. The molecule has 9 heteroatoms. The molecule has 0 unspecified atom stereocenters. The van der Waals surface area contributed by atoms with E-state index >= 15 is 0 Å². The molecule has 8 nitrogen and oxygen atoms in total. The standard InChI is InChI=1S/C18H20FN5O3/c1-11(25)20-7-14-9-24(18(26)27-14)13-3-4-16(15(19)5-13)23-8-12-6-21-22(2)17(12)10-23/h3-6,14H,7-10H2,1-2H3,(H,20,25)/t14-/m0/s1. The number of carbonyl (C=O) groups is 2. The molecular weight excluding hydrogens is 353 g/mol. The van der Waals surface area contributed by atoms with Gasteiger partial charge < -0.3 is 15.0 Å². The summed E-state index contributed by atoms with van der Waals surface area (Å²) in [7, 11) is 1.87. The first-order valence-corrected chi connectivity index (χ1v) is 8.69. The largest absolute Gasteiger partial charge is 0.442 e. The highest BCUT2D eigenvalue weighted by Crippen LogP contribution is 2.32. The Balaban J connectivity index is 1.48. The van der Waals surface area contributed by atoms with Crippen LogP contribution in [0.1, 0.15) is 18.2 Å². The number of hydrogen-bond acceptors (Lipinski definition) is 5. The molecule has 1 saturated heterocycles. The number of nitrogens with one attached hydrogen (secondary N) is 1. The first-order valence-electron chi connectivity index (χ1n) is 8.69. The monoisotopic (exact) mass is 373 g/mol. The lowest BCUT2D eigenvalue weighted by molar-refractivity contribution is -0.119. The van der Waals surface area contributed by atoms with Gasteiger partial charge in [0.05, 0.1) is 42.9 Å². The van der Waals surface area contributed by atoms with E-state index in [-0.39, 0.29) is 19.0 Å². The number of amides is 2. The zero-order chi connectivity index (χ0) is 19.1. The minimum absolute atomic E-state index is 0.193. The van der Waals surface area contributed by atoms with E-state index in [9.17, 15) is 14.0 Å². The number of aromatic nitrogens is 2. The number of hydrogen-bond donors (Lipinski definition) is 1. The van der Waals surface area contributed by atoms with Crippen LogP contribution in [0.3, 0.4) is 0 Å². The molecule has 1 fully saturated rings. The highest BCUT2D eigenvalue weighted by molar-refractivity contribution is 5.90. The molecule has 2 aromatic rings. The van der Waals surface area contributed by atoms with Gasteiger partial charge in [-0.15, -0.1) is 0 Å². The summed E-state index contributed by atoms with van der Waals surface area (Å²) in [6, 6.07) is 4.73. The van der Waals surface area contributed by atoms with Crippen molar-refractivity contribution in [1.29, 1.82) is 0 Å². The van der Waals surface area contributed by atoms with E-state index in [2.05, 4.69) is 10.4 Å². The molecular formula is C18H20FN5O3. The summed E-state index contributed by atoms with van der Waals surface area (Å²) in [4.78, 5) is 26.4. The van der Waals surface area contributed by atoms with Crippen LogP contribution in [0, 0.1) is 5.82 Å². The van der Waals surface area contributed by atoms with E-state index in [4.69, 9.17) is 4.74 Å². The normalized spacial score (nSPS) is 18.6. The molecule has 0 radical (unpaired) electrons. The SMILES string of the molecule is CC(=O)NC[C@H]1CN(c2ccc(N3Cc4cnn(C)c4C3)c(F)c2)C(=O)O1. The Morgan fingerprint density at radius 1 is 1.41 bits per heavy atom. The number of anilines is 2. The van der Waals surface area contributed by atoms with Gasteiger partial charge in [-0.05, 0) is 18.2 Å². The average Bonchev–Trinajstić information content (AvgIpc) is 3.29. The molecule has 0 aliphatic carbocycles. The summed E-state index contributed by atoms with van der Waals surface area (Å²) in [6.07, 6.45) is 0.804. The first kappa shape index (κ1) is 17.3.